The molecule has 1 aromatic carbocycles. The van der Waals surface area contributed by atoms with Gasteiger partial charge in [0.05, 0.1) is 5.69 Å². The fraction of sp³-hybridized carbons (Fsp3) is 0.375. The van der Waals surface area contributed by atoms with Crippen LogP contribution in [0.4, 0.5) is 0 Å². The Kier molecular flexibility index (Phi) is 4.59. The van der Waals surface area contributed by atoms with E-state index in [-0.39, 0.29) is 0 Å². The minimum Gasteiger partial charge on any atom is -0.480 e. The molecule has 2 aromatic rings. The van der Waals surface area contributed by atoms with Crippen LogP contribution < -0.4 is 0 Å². The molecule has 1 aliphatic rings. The van der Waals surface area contributed by atoms with Crippen LogP contribution in [0.5, 0.6) is 0 Å². The Hall–Kier alpha value is -1.66. The third-order valence-electron chi connectivity index (χ3n) is 3.91. The quantitative estimate of drug-likeness (QED) is 0.898. The van der Waals surface area contributed by atoms with Gasteiger partial charge in [-0.15, -0.1) is 0 Å². The molecule has 0 aliphatic carbocycles. The average Bonchev–Trinajstić information content (AvgIpc) is 2.97. The van der Waals surface area contributed by atoms with Gasteiger partial charge in [0.15, 0.2) is 0 Å². The van der Waals surface area contributed by atoms with Crippen LogP contribution in [-0.2, 0) is 11.3 Å². The number of carboxylic acids is 1. The summed E-state index contributed by atoms with van der Waals surface area (Å²) in [5, 5.41) is 9.31. The van der Waals surface area contributed by atoms with Gasteiger partial charge in [-0.3, -0.25) is 9.69 Å². The number of piperidine rings is 1. The largest absolute Gasteiger partial charge is 0.480 e. The van der Waals surface area contributed by atoms with E-state index < -0.39 is 12.0 Å². The molecule has 22 heavy (non-hydrogen) atoms. The molecule has 1 saturated heterocycles. The molecule has 0 saturated carbocycles. The van der Waals surface area contributed by atoms with Crippen molar-refractivity contribution in [2.45, 2.75) is 31.8 Å². The minimum atomic E-state index is -0.753. The molecule has 0 radical (unpaired) electrons. The van der Waals surface area contributed by atoms with Crippen LogP contribution in [0.15, 0.2) is 39.4 Å². The predicted octanol–water partition coefficient (Wildman–Crippen LogP) is 3.54. The SMILES string of the molecule is O=C(O)C1CCCCN1Cc1coc(-c2ccc(Br)cc2)n1. The van der Waals surface area contributed by atoms with E-state index in [1.165, 1.54) is 0 Å². The fourth-order valence-corrected chi connectivity index (χ4v) is 3.04. The number of carbonyl (C=O) groups is 1. The molecule has 0 spiro atoms. The summed E-state index contributed by atoms with van der Waals surface area (Å²) in [5.41, 5.74) is 1.67. The average molecular weight is 365 g/mol. The first kappa shape index (κ1) is 15.2. The van der Waals surface area contributed by atoms with Crippen molar-refractivity contribution in [3.63, 3.8) is 0 Å². The van der Waals surface area contributed by atoms with Crippen LogP contribution >= 0.6 is 15.9 Å². The summed E-state index contributed by atoms with van der Waals surface area (Å²) in [6.07, 6.45) is 4.31. The number of aromatic nitrogens is 1. The van der Waals surface area contributed by atoms with Gasteiger partial charge >= 0.3 is 5.97 Å². The topological polar surface area (TPSA) is 66.6 Å². The van der Waals surface area contributed by atoms with E-state index in [1.807, 2.05) is 29.2 Å². The highest BCUT2D eigenvalue weighted by molar-refractivity contribution is 9.10. The summed E-state index contributed by atoms with van der Waals surface area (Å²) in [4.78, 5) is 17.8. The Balaban J connectivity index is 1.73. The first-order valence-corrected chi connectivity index (χ1v) is 8.10. The van der Waals surface area contributed by atoms with Gasteiger partial charge in [-0.2, -0.15) is 0 Å². The summed E-state index contributed by atoms with van der Waals surface area (Å²) in [6.45, 7) is 1.30. The van der Waals surface area contributed by atoms with E-state index in [0.29, 0.717) is 18.9 Å². The molecule has 1 aliphatic heterocycles. The molecule has 5 nitrogen and oxygen atoms in total. The molecule has 116 valence electrons. The molecular weight excluding hydrogens is 348 g/mol. The monoisotopic (exact) mass is 364 g/mol. The van der Waals surface area contributed by atoms with Crippen LogP contribution in [-0.4, -0.2) is 33.5 Å². The van der Waals surface area contributed by atoms with Gasteiger partial charge in [0.1, 0.15) is 12.3 Å². The van der Waals surface area contributed by atoms with Crippen molar-refractivity contribution in [3.8, 4) is 11.5 Å². The Morgan fingerprint density at radius 2 is 2.14 bits per heavy atom. The third kappa shape index (κ3) is 3.39. The van der Waals surface area contributed by atoms with Crippen LogP contribution in [0.25, 0.3) is 11.5 Å². The van der Waals surface area contributed by atoms with Crippen molar-refractivity contribution in [3.05, 3.63) is 40.7 Å². The number of likely N-dealkylation sites (tertiary alicyclic amines) is 1. The van der Waals surface area contributed by atoms with Gasteiger partial charge in [0.2, 0.25) is 5.89 Å². The van der Waals surface area contributed by atoms with Gasteiger partial charge < -0.3 is 9.52 Å². The van der Waals surface area contributed by atoms with Gasteiger partial charge in [-0.25, -0.2) is 4.98 Å². The molecule has 0 amide bonds. The fourth-order valence-electron chi connectivity index (χ4n) is 2.77. The zero-order chi connectivity index (χ0) is 15.5. The summed E-state index contributed by atoms with van der Waals surface area (Å²) >= 11 is 3.40. The molecular formula is C16H17BrN2O3. The first-order chi connectivity index (χ1) is 10.6. The van der Waals surface area contributed by atoms with Crippen molar-refractivity contribution in [2.24, 2.45) is 0 Å². The second-order valence-corrected chi connectivity index (χ2v) is 6.39. The Bertz CT molecular complexity index is 654. The second-order valence-electron chi connectivity index (χ2n) is 5.47. The zero-order valence-corrected chi connectivity index (χ0v) is 13.6. The standard InChI is InChI=1S/C16H17BrN2O3/c17-12-6-4-11(5-7-12)15-18-13(10-22-15)9-19-8-2-1-3-14(19)16(20)21/h4-7,10,14H,1-3,8-9H2,(H,20,21). The van der Waals surface area contributed by atoms with Crippen molar-refractivity contribution in [1.29, 1.82) is 0 Å². The Morgan fingerprint density at radius 1 is 1.36 bits per heavy atom. The molecule has 1 fully saturated rings. The van der Waals surface area contributed by atoms with Gasteiger partial charge in [0, 0.05) is 16.6 Å². The van der Waals surface area contributed by atoms with Crippen molar-refractivity contribution in [1.82, 2.24) is 9.88 Å². The number of nitrogens with zero attached hydrogens (tertiary/aromatic N) is 2. The third-order valence-corrected chi connectivity index (χ3v) is 4.44. The van der Waals surface area contributed by atoms with Crippen molar-refractivity contribution < 1.29 is 14.3 Å². The molecule has 6 heteroatoms. The molecule has 1 unspecified atom stereocenters. The summed E-state index contributed by atoms with van der Waals surface area (Å²) < 4.78 is 6.53. The lowest BCUT2D eigenvalue weighted by molar-refractivity contribution is -0.144. The number of halogens is 1. The van der Waals surface area contributed by atoms with Gasteiger partial charge in [-0.1, -0.05) is 22.4 Å². The highest BCUT2D eigenvalue weighted by Crippen LogP contribution is 2.23. The van der Waals surface area contributed by atoms with Crippen LogP contribution in [0.1, 0.15) is 25.0 Å². The number of aliphatic carboxylic acids is 1. The van der Waals surface area contributed by atoms with Crippen molar-refractivity contribution in [2.75, 3.05) is 6.54 Å². The van der Waals surface area contributed by atoms with E-state index in [0.717, 1.165) is 35.1 Å². The van der Waals surface area contributed by atoms with E-state index in [4.69, 9.17) is 4.42 Å². The zero-order valence-electron chi connectivity index (χ0n) is 12.0. The Labute approximate surface area is 137 Å². The maximum absolute atomic E-state index is 11.3. The smallest absolute Gasteiger partial charge is 0.320 e. The normalized spacial score (nSPS) is 19.2. The van der Waals surface area contributed by atoms with Gasteiger partial charge in [-0.05, 0) is 43.7 Å². The molecule has 3 rings (SSSR count). The number of carboxylic acid groups (broad SMARTS) is 1. The summed E-state index contributed by atoms with van der Waals surface area (Å²) in [5.74, 6) is -0.192. The number of rotatable bonds is 4. The van der Waals surface area contributed by atoms with E-state index >= 15 is 0 Å². The lowest BCUT2D eigenvalue weighted by Crippen LogP contribution is -2.44. The highest BCUT2D eigenvalue weighted by atomic mass is 79.9. The number of oxazole rings is 1. The molecule has 1 atom stereocenters. The number of hydrogen-bond acceptors (Lipinski definition) is 4. The Morgan fingerprint density at radius 3 is 2.86 bits per heavy atom. The number of benzene rings is 1. The maximum Gasteiger partial charge on any atom is 0.320 e. The van der Waals surface area contributed by atoms with E-state index in [2.05, 4.69) is 20.9 Å². The van der Waals surface area contributed by atoms with Crippen molar-refractivity contribution >= 4 is 21.9 Å². The van der Waals surface area contributed by atoms with Crippen LogP contribution in [0.2, 0.25) is 0 Å². The predicted molar refractivity (Wildman–Crippen MR) is 85.3 cm³/mol. The highest BCUT2D eigenvalue weighted by Gasteiger charge is 2.28. The molecule has 1 aromatic heterocycles. The molecule has 1 N–H and O–H groups in total. The second kappa shape index (κ2) is 6.62. The number of hydrogen-bond donors (Lipinski definition) is 1. The lowest BCUT2D eigenvalue weighted by Gasteiger charge is -2.31. The summed E-state index contributed by atoms with van der Waals surface area (Å²) in [6, 6.07) is 7.32. The van der Waals surface area contributed by atoms with E-state index in [9.17, 15) is 9.90 Å². The minimum absolute atomic E-state index is 0.415. The maximum atomic E-state index is 11.3. The molecule has 2 heterocycles. The molecule has 0 bridgehead atoms. The van der Waals surface area contributed by atoms with E-state index in [1.54, 1.807) is 6.26 Å². The summed E-state index contributed by atoms with van der Waals surface area (Å²) in [7, 11) is 0. The van der Waals surface area contributed by atoms with Gasteiger partial charge in [0.25, 0.3) is 0 Å². The van der Waals surface area contributed by atoms with Crippen LogP contribution in [0, 0.1) is 0 Å². The lowest BCUT2D eigenvalue weighted by atomic mass is 10.0. The first-order valence-electron chi connectivity index (χ1n) is 7.30. The van der Waals surface area contributed by atoms with Crippen LogP contribution in [0.3, 0.4) is 0 Å².